The number of aromatic nitrogens is 1. The molecule has 0 unspecified atom stereocenters. The van der Waals surface area contributed by atoms with Crippen molar-refractivity contribution in [2.75, 3.05) is 39.3 Å². The summed E-state index contributed by atoms with van der Waals surface area (Å²) in [5, 5.41) is 4.08. The van der Waals surface area contributed by atoms with Crippen LogP contribution in [0.3, 0.4) is 0 Å². The van der Waals surface area contributed by atoms with Gasteiger partial charge in [0.1, 0.15) is 0 Å². The van der Waals surface area contributed by atoms with Gasteiger partial charge in [-0.3, -0.25) is 14.6 Å². The maximum atomic E-state index is 13.1. The van der Waals surface area contributed by atoms with Gasteiger partial charge >= 0.3 is 0 Å². The second-order valence-electron chi connectivity index (χ2n) is 8.57. The number of hydrogen-bond donors (Lipinski definition) is 1. The zero-order chi connectivity index (χ0) is 20.9. The highest BCUT2D eigenvalue weighted by molar-refractivity contribution is 5.98. The van der Waals surface area contributed by atoms with E-state index in [0.717, 1.165) is 48.9 Å². The van der Waals surface area contributed by atoms with Gasteiger partial charge in [-0.1, -0.05) is 18.2 Å². The van der Waals surface area contributed by atoms with Gasteiger partial charge in [0, 0.05) is 30.9 Å². The van der Waals surface area contributed by atoms with E-state index in [1.54, 1.807) is 0 Å². The number of hydrogen-bond acceptors (Lipinski definition) is 4. The van der Waals surface area contributed by atoms with Gasteiger partial charge in [0.05, 0.1) is 16.8 Å². The average molecular weight is 409 g/mol. The van der Waals surface area contributed by atoms with Crippen LogP contribution >= 0.6 is 0 Å². The molecule has 2 amide bonds. The molecule has 160 valence electrons. The molecule has 30 heavy (non-hydrogen) atoms. The monoisotopic (exact) mass is 408 g/mol. The lowest BCUT2D eigenvalue weighted by Gasteiger charge is -2.31. The van der Waals surface area contributed by atoms with Crippen molar-refractivity contribution in [3.05, 3.63) is 41.6 Å². The molecule has 4 rings (SSSR count). The Morgan fingerprint density at radius 2 is 1.83 bits per heavy atom. The van der Waals surface area contributed by atoms with Gasteiger partial charge in [-0.15, -0.1) is 0 Å². The number of carbonyl (C=O) groups excluding carboxylic acids is 2. The molecule has 0 saturated carbocycles. The molecule has 0 bridgehead atoms. The molecule has 1 aromatic carbocycles. The van der Waals surface area contributed by atoms with E-state index < -0.39 is 0 Å². The van der Waals surface area contributed by atoms with Crippen LogP contribution in [0.25, 0.3) is 10.9 Å². The number of para-hydroxylation sites is 1. The number of rotatable bonds is 6. The third-order valence-corrected chi connectivity index (χ3v) is 6.45. The zero-order valence-electron chi connectivity index (χ0n) is 17.9. The summed E-state index contributed by atoms with van der Waals surface area (Å²) in [6.45, 7) is 7.36. The fourth-order valence-corrected chi connectivity index (χ4v) is 4.61. The Labute approximate surface area is 178 Å². The summed E-state index contributed by atoms with van der Waals surface area (Å²) in [6.07, 6.45) is 5.07. The predicted octanol–water partition coefficient (Wildman–Crippen LogP) is 3.00. The fourth-order valence-electron chi connectivity index (χ4n) is 4.61. The van der Waals surface area contributed by atoms with E-state index in [1.165, 1.54) is 25.9 Å². The van der Waals surface area contributed by atoms with E-state index in [1.807, 2.05) is 42.2 Å². The first kappa shape index (κ1) is 20.8. The first-order chi connectivity index (χ1) is 14.6. The lowest BCUT2D eigenvalue weighted by molar-refractivity contribution is -0.126. The number of carbonyl (C=O) groups is 2. The molecule has 0 radical (unpaired) electrons. The lowest BCUT2D eigenvalue weighted by atomic mass is 9.95. The summed E-state index contributed by atoms with van der Waals surface area (Å²) >= 11 is 0. The maximum absolute atomic E-state index is 13.1. The van der Waals surface area contributed by atoms with E-state index in [0.29, 0.717) is 18.7 Å². The van der Waals surface area contributed by atoms with Crippen molar-refractivity contribution in [2.45, 2.75) is 39.0 Å². The topological polar surface area (TPSA) is 65.5 Å². The van der Waals surface area contributed by atoms with Crippen LogP contribution in [0.4, 0.5) is 0 Å². The molecule has 6 nitrogen and oxygen atoms in total. The molecule has 2 fully saturated rings. The molecule has 0 aliphatic carbocycles. The van der Waals surface area contributed by atoms with E-state index >= 15 is 0 Å². The second-order valence-corrected chi connectivity index (χ2v) is 8.57. The van der Waals surface area contributed by atoms with Crippen LogP contribution in [0.5, 0.6) is 0 Å². The summed E-state index contributed by atoms with van der Waals surface area (Å²) in [5.74, 6) is 0.180. The Hall–Kier alpha value is -2.47. The van der Waals surface area contributed by atoms with Crippen LogP contribution in [0.2, 0.25) is 0 Å². The van der Waals surface area contributed by atoms with Crippen LogP contribution in [-0.4, -0.2) is 65.9 Å². The number of amides is 2. The van der Waals surface area contributed by atoms with Crippen LogP contribution in [0.15, 0.2) is 30.3 Å². The van der Waals surface area contributed by atoms with Crippen molar-refractivity contribution in [3.8, 4) is 0 Å². The molecule has 2 aromatic rings. The largest absolute Gasteiger partial charge is 0.356 e. The average Bonchev–Trinajstić information content (AvgIpc) is 3.29. The predicted molar refractivity (Wildman–Crippen MR) is 118 cm³/mol. The molecular formula is C24H32N4O2. The van der Waals surface area contributed by atoms with E-state index in [-0.39, 0.29) is 17.7 Å². The summed E-state index contributed by atoms with van der Waals surface area (Å²) < 4.78 is 0. The molecule has 0 spiro atoms. The number of likely N-dealkylation sites (tertiary alicyclic amines) is 2. The number of fused-ring (bicyclic) bond motifs is 1. The standard InChI is InChI=1S/C24H32N4O2/c1-18-21(17-20-7-2-3-8-22(20)26-18)24(30)28-15-9-19(10-16-28)23(29)25-11-6-14-27-12-4-5-13-27/h2-3,7-8,17,19H,4-6,9-16H2,1H3,(H,25,29). The molecule has 1 N–H and O–H groups in total. The summed E-state index contributed by atoms with van der Waals surface area (Å²) in [4.78, 5) is 34.5. The Morgan fingerprint density at radius 1 is 1.10 bits per heavy atom. The van der Waals surface area contributed by atoms with Gasteiger partial charge < -0.3 is 15.1 Å². The zero-order valence-corrected chi connectivity index (χ0v) is 17.9. The van der Waals surface area contributed by atoms with Crippen molar-refractivity contribution < 1.29 is 9.59 Å². The van der Waals surface area contributed by atoms with Crippen LogP contribution in [0.1, 0.15) is 48.2 Å². The van der Waals surface area contributed by atoms with Gasteiger partial charge in [0.25, 0.3) is 5.91 Å². The molecule has 2 aliphatic rings. The van der Waals surface area contributed by atoms with Gasteiger partial charge in [0.2, 0.25) is 5.91 Å². The summed E-state index contributed by atoms with van der Waals surface area (Å²) in [5.41, 5.74) is 2.33. The van der Waals surface area contributed by atoms with Crippen molar-refractivity contribution in [1.29, 1.82) is 0 Å². The number of aryl methyl sites for hydroxylation is 1. The SMILES string of the molecule is Cc1nc2ccccc2cc1C(=O)N1CCC(C(=O)NCCCN2CCCC2)CC1. The minimum Gasteiger partial charge on any atom is -0.356 e. The van der Waals surface area contributed by atoms with Crippen LogP contribution in [0, 0.1) is 12.8 Å². The minimum atomic E-state index is 0.0108. The molecule has 2 aliphatic heterocycles. The smallest absolute Gasteiger partial charge is 0.255 e. The quantitative estimate of drug-likeness (QED) is 0.747. The highest BCUT2D eigenvalue weighted by atomic mass is 16.2. The molecule has 0 atom stereocenters. The molecule has 6 heteroatoms. The Bertz CT molecular complexity index is 899. The van der Waals surface area contributed by atoms with Gasteiger partial charge in [-0.25, -0.2) is 0 Å². The van der Waals surface area contributed by atoms with E-state index in [4.69, 9.17) is 0 Å². The third kappa shape index (κ3) is 4.81. The first-order valence-corrected chi connectivity index (χ1v) is 11.3. The van der Waals surface area contributed by atoms with E-state index in [9.17, 15) is 9.59 Å². The summed E-state index contributed by atoms with van der Waals surface area (Å²) in [6, 6.07) is 9.81. The number of nitrogens with zero attached hydrogens (tertiary/aromatic N) is 3. The van der Waals surface area contributed by atoms with Crippen LogP contribution < -0.4 is 5.32 Å². The number of piperidine rings is 1. The Kier molecular flexibility index (Phi) is 6.62. The van der Waals surface area contributed by atoms with Crippen molar-refractivity contribution in [1.82, 2.24) is 20.1 Å². The number of nitrogens with one attached hydrogen (secondary N) is 1. The Balaban J connectivity index is 1.26. The normalized spacial score (nSPS) is 18.1. The van der Waals surface area contributed by atoms with E-state index in [2.05, 4.69) is 15.2 Å². The second kappa shape index (κ2) is 9.56. The molecule has 2 saturated heterocycles. The first-order valence-electron chi connectivity index (χ1n) is 11.3. The molecule has 1 aromatic heterocycles. The van der Waals surface area contributed by atoms with Gasteiger partial charge in [0.15, 0.2) is 0 Å². The minimum absolute atomic E-state index is 0.0108. The van der Waals surface area contributed by atoms with Gasteiger partial charge in [-0.05, 0) is 70.8 Å². The third-order valence-electron chi connectivity index (χ3n) is 6.45. The van der Waals surface area contributed by atoms with Crippen molar-refractivity contribution in [2.24, 2.45) is 5.92 Å². The molecule has 3 heterocycles. The lowest BCUT2D eigenvalue weighted by Crippen LogP contribution is -2.43. The number of pyridine rings is 1. The summed E-state index contributed by atoms with van der Waals surface area (Å²) in [7, 11) is 0. The van der Waals surface area contributed by atoms with Crippen molar-refractivity contribution in [3.63, 3.8) is 0 Å². The number of benzene rings is 1. The Morgan fingerprint density at radius 3 is 2.60 bits per heavy atom. The van der Waals surface area contributed by atoms with Crippen molar-refractivity contribution >= 4 is 22.7 Å². The van der Waals surface area contributed by atoms with Crippen LogP contribution in [-0.2, 0) is 4.79 Å². The van der Waals surface area contributed by atoms with Gasteiger partial charge in [-0.2, -0.15) is 0 Å². The fraction of sp³-hybridized carbons (Fsp3) is 0.542. The highest BCUT2D eigenvalue weighted by Gasteiger charge is 2.28. The maximum Gasteiger partial charge on any atom is 0.255 e. The highest BCUT2D eigenvalue weighted by Crippen LogP contribution is 2.22. The molecular weight excluding hydrogens is 376 g/mol.